The first-order valence-electron chi connectivity index (χ1n) is 9.91. The molecule has 174 valence electrons. The van der Waals surface area contributed by atoms with E-state index < -0.39 is 23.6 Å². The summed E-state index contributed by atoms with van der Waals surface area (Å²) in [6.07, 6.45) is 1.18. The lowest BCUT2D eigenvalue weighted by atomic mass is 10.0. The van der Waals surface area contributed by atoms with Crippen LogP contribution in [0.3, 0.4) is 0 Å². The molecule has 11 heteroatoms. The summed E-state index contributed by atoms with van der Waals surface area (Å²) in [4.78, 5) is 25.6. The lowest BCUT2D eigenvalue weighted by Crippen LogP contribution is -2.14. The molecular formula is C23H16ClF2N3O5. The molecule has 0 aliphatic carbocycles. The standard InChI is InChI=1S/C23H16ClF2N3O5/c1-3-33-23(31)20-12(11-27-29(20)16-10-5-4-8-14(16)25)21-18(22(30)32-2)19(28-34-21)17-13(24)7-6-9-15(17)26/h4-11H,3H2,1-2H3. The van der Waals surface area contributed by atoms with Gasteiger partial charge in [-0.1, -0.05) is 35.0 Å². The number of aromatic nitrogens is 3. The largest absolute Gasteiger partial charge is 0.465 e. The lowest BCUT2D eigenvalue weighted by Gasteiger charge is -2.09. The topological polar surface area (TPSA) is 96.5 Å². The van der Waals surface area contributed by atoms with Gasteiger partial charge in [-0.2, -0.15) is 5.10 Å². The highest BCUT2D eigenvalue weighted by Crippen LogP contribution is 2.39. The zero-order chi connectivity index (χ0) is 24.4. The molecule has 0 amide bonds. The van der Waals surface area contributed by atoms with E-state index in [1.54, 1.807) is 13.0 Å². The Morgan fingerprint density at radius 3 is 2.50 bits per heavy atom. The molecule has 0 saturated heterocycles. The fraction of sp³-hybridized carbons (Fsp3) is 0.130. The van der Waals surface area contributed by atoms with E-state index in [0.717, 1.165) is 17.9 Å². The van der Waals surface area contributed by atoms with Crippen LogP contribution in [0.25, 0.3) is 28.3 Å². The van der Waals surface area contributed by atoms with Gasteiger partial charge in [0, 0.05) is 0 Å². The summed E-state index contributed by atoms with van der Waals surface area (Å²) in [6.45, 7) is 1.60. The molecule has 2 aromatic heterocycles. The van der Waals surface area contributed by atoms with Crippen LogP contribution >= 0.6 is 11.6 Å². The average Bonchev–Trinajstić information content (AvgIpc) is 3.43. The molecule has 4 aromatic rings. The molecule has 0 aliphatic rings. The molecule has 0 fully saturated rings. The Balaban J connectivity index is 2.00. The van der Waals surface area contributed by atoms with Crippen molar-refractivity contribution >= 4 is 23.5 Å². The first-order valence-corrected chi connectivity index (χ1v) is 10.3. The highest BCUT2D eigenvalue weighted by atomic mass is 35.5. The molecular weight excluding hydrogens is 472 g/mol. The number of para-hydroxylation sites is 1. The zero-order valence-corrected chi connectivity index (χ0v) is 18.6. The predicted octanol–water partition coefficient (Wildman–Crippen LogP) is 5.09. The maximum Gasteiger partial charge on any atom is 0.357 e. The number of nitrogens with zero attached hydrogens (tertiary/aromatic N) is 3. The summed E-state index contributed by atoms with van der Waals surface area (Å²) in [5, 5.41) is 7.91. The highest BCUT2D eigenvalue weighted by Gasteiger charge is 2.33. The van der Waals surface area contributed by atoms with E-state index in [1.807, 2.05) is 0 Å². The van der Waals surface area contributed by atoms with Crippen LogP contribution in [-0.2, 0) is 9.47 Å². The van der Waals surface area contributed by atoms with Crippen LogP contribution in [0, 0.1) is 11.6 Å². The van der Waals surface area contributed by atoms with Crippen LogP contribution in [0.1, 0.15) is 27.8 Å². The van der Waals surface area contributed by atoms with E-state index in [2.05, 4.69) is 10.3 Å². The third kappa shape index (κ3) is 3.92. The minimum absolute atomic E-state index is 0.0110. The Hall–Kier alpha value is -4.05. The fourth-order valence-electron chi connectivity index (χ4n) is 3.38. The van der Waals surface area contributed by atoms with Gasteiger partial charge in [-0.25, -0.2) is 23.1 Å². The van der Waals surface area contributed by atoms with Gasteiger partial charge >= 0.3 is 11.9 Å². The fourth-order valence-corrected chi connectivity index (χ4v) is 3.63. The number of ether oxygens (including phenoxy) is 2. The Kier molecular flexibility index (Phi) is 6.42. The number of benzene rings is 2. The molecule has 0 saturated carbocycles. The van der Waals surface area contributed by atoms with Gasteiger partial charge in [0.2, 0.25) is 0 Å². The Morgan fingerprint density at radius 1 is 1.09 bits per heavy atom. The van der Waals surface area contributed by atoms with Crippen molar-refractivity contribution in [3.05, 3.63) is 76.6 Å². The number of hydrogen-bond acceptors (Lipinski definition) is 7. The van der Waals surface area contributed by atoms with Gasteiger partial charge in [0.1, 0.15) is 28.6 Å². The van der Waals surface area contributed by atoms with Gasteiger partial charge in [-0.05, 0) is 31.2 Å². The summed E-state index contributed by atoms with van der Waals surface area (Å²) in [6, 6.07) is 9.56. The molecule has 8 nitrogen and oxygen atoms in total. The second-order valence-electron chi connectivity index (χ2n) is 6.81. The van der Waals surface area contributed by atoms with Crippen LogP contribution in [-0.4, -0.2) is 40.6 Å². The van der Waals surface area contributed by atoms with Crippen molar-refractivity contribution in [3.63, 3.8) is 0 Å². The van der Waals surface area contributed by atoms with Gasteiger partial charge < -0.3 is 14.0 Å². The molecule has 2 heterocycles. The van der Waals surface area contributed by atoms with Crippen molar-refractivity contribution in [2.75, 3.05) is 13.7 Å². The first kappa shape index (κ1) is 23.1. The van der Waals surface area contributed by atoms with Crippen LogP contribution in [0.2, 0.25) is 5.02 Å². The molecule has 0 atom stereocenters. The smallest absolute Gasteiger partial charge is 0.357 e. The normalized spacial score (nSPS) is 10.9. The average molecular weight is 488 g/mol. The molecule has 34 heavy (non-hydrogen) atoms. The monoisotopic (exact) mass is 487 g/mol. The summed E-state index contributed by atoms with van der Waals surface area (Å²) in [5.41, 5.74) is -1.06. The van der Waals surface area contributed by atoms with Gasteiger partial charge in [0.15, 0.2) is 11.5 Å². The third-order valence-electron chi connectivity index (χ3n) is 4.84. The van der Waals surface area contributed by atoms with Crippen LogP contribution in [0.4, 0.5) is 8.78 Å². The molecule has 0 unspecified atom stereocenters. The minimum atomic E-state index is -0.931. The number of methoxy groups -OCH3 is 1. The van der Waals surface area contributed by atoms with E-state index in [9.17, 15) is 18.4 Å². The van der Waals surface area contributed by atoms with Crippen LogP contribution in [0.5, 0.6) is 0 Å². The van der Waals surface area contributed by atoms with Crippen LogP contribution < -0.4 is 0 Å². The summed E-state index contributed by atoms with van der Waals surface area (Å²) >= 11 is 6.16. The number of carbonyl (C=O) groups excluding carboxylic acids is 2. The van der Waals surface area contributed by atoms with Crippen molar-refractivity contribution in [3.8, 4) is 28.3 Å². The second-order valence-corrected chi connectivity index (χ2v) is 7.22. The van der Waals surface area contributed by atoms with Gasteiger partial charge in [-0.15, -0.1) is 0 Å². The van der Waals surface area contributed by atoms with Gasteiger partial charge in [-0.3, -0.25) is 0 Å². The van der Waals surface area contributed by atoms with Gasteiger partial charge in [0.05, 0.1) is 36.1 Å². The summed E-state index contributed by atoms with van der Waals surface area (Å²) in [5.74, 6) is -3.47. The van der Waals surface area contributed by atoms with Crippen molar-refractivity contribution < 1.29 is 32.4 Å². The highest BCUT2D eigenvalue weighted by molar-refractivity contribution is 6.33. The van der Waals surface area contributed by atoms with Crippen LogP contribution in [0.15, 0.2) is 53.2 Å². The first-order chi connectivity index (χ1) is 16.4. The van der Waals surface area contributed by atoms with Gasteiger partial charge in [0.25, 0.3) is 0 Å². The molecule has 0 aliphatic heterocycles. The van der Waals surface area contributed by atoms with E-state index in [0.29, 0.717) is 0 Å². The summed E-state index contributed by atoms with van der Waals surface area (Å²) < 4.78 is 45.5. The van der Waals surface area contributed by atoms with Crippen molar-refractivity contribution in [2.24, 2.45) is 0 Å². The lowest BCUT2D eigenvalue weighted by molar-refractivity contribution is 0.0514. The van der Waals surface area contributed by atoms with E-state index in [4.69, 9.17) is 25.6 Å². The molecule has 0 bridgehead atoms. The maximum absolute atomic E-state index is 14.6. The van der Waals surface area contributed by atoms with E-state index in [1.165, 1.54) is 36.5 Å². The number of halogens is 3. The molecule has 4 rings (SSSR count). The number of carbonyl (C=O) groups is 2. The number of rotatable bonds is 6. The molecule has 0 N–H and O–H groups in total. The number of esters is 2. The third-order valence-corrected chi connectivity index (χ3v) is 5.16. The predicted molar refractivity (Wildman–Crippen MR) is 117 cm³/mol. The minimum Gasteiger partial charge on any atom is -0.465 e. The van der Waals surface area contributed by atoms with E-state index >= 15 is 0 Å². The maximum atomic E-state index is 14.6. The SMILES string of the molecule is CCOC(=O)c1c(-c2onc(-c3c(F)cccc3Cl)c2C(=O)OC)cnn1-c1ccccc1F. The quantitative estimate of drug-likeness (QED) is 0.349. The molecule has 0 spiro atoms. The Labute approximate surface area is 196 Å². The zero-order valence-electron chi connectivity index (χ0n) is 17.8. The van der Waals surface area contributed by atoms with Crippen molar-refractivity contribution in [1.29, 1.82) is 0 Å². The number of hydrogen-bond donors (Lipinski definition) is 0. The Bertz CT molecular complexity index is 1380. The van der Waals surface area contributed by atoms with Crippen molar-refractivity contribution in [2.45, 2.75) is 6.92 Å². The van der Waals surface area contributed by atoms with Crippen molar-refractivity contribution in [1.82, 2.24) is 14.9 Å². The summed E-state index contributed by atoms with van der Waals surface area (Å²) in [7, 11) is 1.11. The second kappa shape index (κ2) is 9.44. The Morgan fingerprint density at radius 2 is 1.82 bits per heavy atom. The van der Waals surface area contributed by atoms with E-state index in [-0.39, 0.29) is 51.2 Å². The molecule has 2 aromatic carbocycles. The molecule has 0 radical (unpaired) electrons.